The maximum Gasteiger partial charge on any atom is 0.160 e. The van der Waals surface area contributed by atoms with Crippen LogP contribution in [0.3, 0.4) is 0 Å². The lowest BCUT2D eigenvalue weighted by molar-refractivity contribution is 0.454. The van der Waals surface area contributed by atoms with Gasteiger partial charge >= 0.3 is 0 Å². The van der Waals surface area contributed by atoms with E-state index < -0.39 is 0 Å². The summed E-state index contributed by atoms with van der Waals surface area (Å²) in [5.74, 6) is 2.80. The first-order valence-corrected chi connectivity index (χ1v) is 10.3. The Morgan fingerprint density at radius 1 is 0.833 bits per heavy atom. The molecule has 0 spiro atoms. The Bertz CT molecular complexity index is 1130. The molecule has 1 aliphatic rings. The van der Waals surface area contributed by atoms with Gasteiger partial charge in [-0.25, -0.2) is 15.0 Å². The van der Waals surface area contributed by atoms with Crippen molar-refractivity contribution in [2.24, 2.45) is 0 Å². The highest BCUT2D eigenvalue weighted by Crippen LogP contribution is 2.29. The zero-order valence-electron chi connectivity index (χ0n) is 16.6. The highest BCUT2D eigenvalue weighted by molar-refractivity contribution is 5.87. The van der Waals surface area contributed by atoms with E-state index in [1.807, 2.05) is 60.7 Å². The molecular formula is C24H23N5O. The summed E-state index contributed by atoms with van der Waals surface area (Å²) in [5.41, 5.74) is 3.69. The molecule has 1 saturated heterocycles. The number of ether oxygens (including phenoxy) is 1. The molecular weight excluding hydrogens is 374 g/mol. The molecule has 1 aliphatic heterocycles. The molecule has 150 valence electrons. The smallest absolute Gasteiger partial charge is 0.160 e. The molecule has 6 nitrogen and oxygen atoms in total. The third-order valence-electron chi connectivity index (χ3n) is 5.36. The van der Waals surface area contributed by atoms with E-state index in [-0.39, 0.29) is 0 Å². The van der Waals surface area contributed by atoms with Gasteiger partial charge in [0.05, 0.1) is 5.52 Å². The number of rotatable bonds is 5. The molecule has 30 heavy (non-hydrogen) atoms. The maximum atomic E-state index is 5.87. The van der Waals surface area contributed by atoms with E-state index in [2.05, 4.69) is 26.7 Å². The lowest BCUT2D eigenvalue weighted by Gasteiger charge is -2.22. The number of hydrogen-bond acceptors (Lipinski definition) is 6. The fraction of sp³-hybridized carbons (Fsp3) is 0.208. The zero-order valence-corrected chi connectivity index (χ0v) is 16.6. The van der Waals surface area contributed by atoms with Gasteiger partial charge in [0.1, 0.15) is 23.3 Å². The van der Waals surface area contributed by atoms with Gasteiger partial charge in [0.2, 0.25) is 0 Å². The number of pyridine rings is 1. The van der Waals surface area contributed by atoms with Crippen molar-refractivity contribution >= 4 is 22.5 Å². The van der Waals surface area contributed by atoms with Crippen LogP contribution < -0.4 is 15.4 Å². The number of piperidine rings is 1. The van der Waals surface area contributed by atoms with Crippen molar-refractivity contribution < 1.29 is 4.74 Å². The van der Waals surface area contributed by atoms with Crippen molar-refractivity contribution in [2.75, 3.05) is 18.4 Å². The molecule has 1 fully saturated rings. The van der Waals surface area contributed by atoms with Crippen LogP contribution in [-0.2, 0) is 0 Å². The molecule has 0 saturated carbocycles. The quantitative estimate of drug-likeness (QED) is 0.492. The van der Waals surface area contributed by atoms with E-state index in [0.717, 1.165) is 59.8 Å². The van der Waals surface area contributed by atoms with Gasteiger partial charge in [-0.05, 0) is 74.5 Å². The summed E-state index contributed by atoms with van der Waals surface area (Å²) in [6.45, 7) is 2.08. The number of para-hydroxylation sites is 1. The van der Waals surface area contributed by atoms with E-state index in [9.17, 15) is 0 Å². The van der Waals surface area contributed by atoms with Gasteiger partial charge in [-0.2, -0.15) is 0 Å². The lowest BCUT2D eigenvalue weighted by atomic mass is 9.94. The normalized spacial score (nSPS) is 14.5. The number of nitrogens with one attached hydrogen (secondary N) is 2. The van der Waals surface area contributed by atoms with Crippen molar-refractivity contribution in [1.82, 2.24) is 20.3 Å². The van der Waals surface area contributed by atoms with Crippen LogP contribution in [-0.4, -0.2) is 28.0 Å². The Kier molecular flexibility index (Phi) is 5.23. The van der Waals surface area contributed by atoms with Crippen LogP contribution in [0.5, 0.6) is 11.5 Å². The molecule has 3 heterocycles. The van der Waals surface area contributed by atoms with E-state index in [1.165, 1.54) is 0 Å². The first kappa shape index (κ1) is 18.5. The number of hydrogen-bond donors (Lipinski definition) is 2. The highest BCUT2D eigenvalue weighted by atomic mass is 16.5. The van der Waals surface area contributed by atoms with Gasteiger partial charge in [-0.15, -0.1) is 0 Å². The predicted octanol–water partition coefficient (Wildman–Crippen LogP) is 5.03. The van der Waals surface area contributed by atoms with Crippen LogP contribution in [0.1, 0.15) is 24.5 Å². The minimum absolute atomic E-state index is 0.484. The van der Waals surface area contributed by atoms with Gasteiger partial charge in [0.25, 0.3) is 0 Å². The van der Waals surface area contributed by atoms with E-state index in [4.69, 9.17) is 9.72 Å². The molecule has 0 radical (unpaired) electrons. The first-order valence-electron chi connectivity index (χ1n) is 10.3. The van der Waals surface area contributed by atoms with Gasteiger partial charge in [0, 0.05) is 17.3 Å². The summed E-state index contributed by atoms with van der Waals surface area (Å²) in [4.78, 5) is 13.8. The summed E-state index contributed by atoms with van der Waals surface area (Å²) < 4.78 is 5.87. The van der Waals surface area contributed by atoms with Gasteiger partial charge in [-0.1, -0.05) is 18.2 Å². The number of nitrogens with zero attached hydrogens (tertiary/aromatic N) is 3. The predicted molar refractivity (Wildman–Crippen MR) is 118 cm³/mol. The van der Waals surface area contributed by atoms with Crippen LogP contribution in [0.15, 0.2) is 73.1 Å². The second kappa shape index (κ2) is 8.47. The van der Waals surface area contributed by atoms with Gasteiger partial charge in [0.15, 0.2) is 5.82 Å². The van der Waals surface area contributed by atoms with Crippen molar-refractivity contribution in [3.8, 4) is 11.5 Å². The van der Waals surface area contributed by atoms with Crippen LogP contribution in [0, 0.1) is 0 Å². The molecule has 0 unspecified atom stereocenters. The van der Waals surface area contributed by atoms with Crippen molar-refractivity contribution in [1.29, 1.82) is 0 Å². The number of benzene rings is 2. The largest absolute Gasteiger partial charge is 0.457 e. The van der Waals surface area contributed by atoms with Crippen molar-refractivity contribution in [3.63, 3.8) is 0 Å². The molecule has 2 aromatic heterocycles. The second-order valence-corrected chi connectivity index (χ2v) is 7.41. The number of anilines is 2. The summed E-state index contributed by atoms with van der Waals surface area (Å²) in [6.07, 6.45) is 3.79. The van der Waals surface area contributed by atoms with E-state index in [1.54, 1.807) is 6.33 Å². The van der Waals surface area contributed by atoms with E-state index in [0.29, 0.717) is 11.7 Å². The molecule has 0 amide bonds. The second-order valence-electron chi connectivity index (χ2n) is 7.41. The monoisotopic (exact) mass is 397 g/mol. The number of aromatic nitrogens is 3. The van der Waals surface area contributed by atoms with Crippen molar-refractivity contribution in [2.45, 2.75) is 18.8 Å². The Morgan fingerprint density at radius 3 is 2.40 bits per heavy atom. The molecule has 4 aromatic rings. The highest BCUT2D eigenvalue weighted by Gasteiger charge is 2.18. The average Bonchev–Trinajstić information content (AvgIpc) is 2.82. The van der Waals surface area contributed by atoms with Crippen LogP contribution in [0.25, 0.3) is 11.0 Å². The third-order valence-corrected chi connectivity index (χ3v) is 5.36. The molecule has 2 N–H and O–H groups in total. The SMILES string of the molecule is c1ccc(Oc2ccc(Nc3ncnc4ccc(C5CCNCC5)nc34)cc2)cc1. The Balaban J connectivity index is 1.37. The Morgan fingerprint density at radius 2 is 1.60 bits per heavy atom. The summed E-state index contributed by atoms with van der Waals surface area (Å²) >= 11 is 0. The first-order chi connectivity index (χ1) is 14.8. The molecule has 0 bridgehead atoms. The third kappa shape index (κ3) is 4.09. The van der Waals surface area contributed by atoms with Crippen molar-refractivity contribution in [3.05, 3.63) is 78.8 Å². The fourth-order valence-corrected chi connectivity index (χ4v) is 3.76. The summed E-state index contributed by atoms with van der Waals surface area (Å²) in [5, 5.41) is 6.80. The maximum absolute atomic E-state index is 5.87. The molecule has 5 rings (SSSR count). The molecule has 2 aromatic carbocycles. The van der Waals surface area contributed by atoms with Crippen LogP contribution >= 0.6 is 0 Å². The standard InChI is InChI=1S/C24H23N5O/c1-2-4-19(5-3-1)30-20-8-6-18(7-9-20)28-24-23-22(26-16-27-24)11-10-21(29-23)17-12-14-25-15-13-17/h1-11,16-17,25H,12-15H2,(H,26,27,28). The minimum Gasteiger partial charge on any atom is -0.457 e. The Hall–Kier alpha value is -3.51. The Labute approximate surface area is 175 Å². The lowest BCUT2D eigenvalue weighted by Crippen LogP contribution is -2.27. The van der Waals surface area contributed by atoms with E-state index >= 15 is 0 Å². The summed E-state index contributed by atoms with van der Waals surface area (Å²) in [7, 11) is 0. The fourth-order valence-electron chi connectivity index (χ4n) is 3.76. The zero-order chi connectivity index (χ0) is 20.2. The topological polar surface area (TPSA) is 72.0 Å². The average molecular weight is 397 g/mol. The van der Waals surface area contributed by atoms with Crippen LogP contribution in [0.2, 0.25) is 0 Å². The molecule has 0 aliphatic carbocycles. The number of fused-ring (bicyclic) bond motifs is 1. The van der Waals surface area contributed by atoms with Gasteiger partial charge in [-0.3, -0.25) is 0 Å². The molecule has 6 heteroatoms. The molecule has 0 atom stereocenters. The minimum atomic E-state index is 0.484. The van der Waals surface area contributed by atoms with Crippen LogP contribution in [0.4, 0.5) is 11.5 Å². The summed E-state index contributed by atoms with van der Waals surface area (Å²) in [6, 6.07) is 21.7. The van der Waals surface area contributed by atoms with Gasteiger partial charge < -0.3 is 15.4 Å².